The molecule has 3 amide bonds. The number of aromatic nitrogens is 3. The molecule has 5 rings (SSSR count). The average molecular weight is 424 g/mol. The van der Waals surface area contributed by atoms with Crippen LogP contribution in [0.3, 0.4) is 0 Å². The summed E-state index contributed by atoms with van der Waals surface area (Å²) >= 11 is 0. The van der Waals surface area contributed by atoms with Crippen LogP contribution in [0.15, 0.2) is 24.4 Å². The quantitative estimate of drug-likeness (QED) is 0.791. The molecule has 2 aromatic heterocycles. The minimum atomic E-state index is -0.310. The summed E-state index contributed by atoms with van der Waals surface area (Å²) in [7, 11) is 0. The molecule has 2 N–H and O–H groups in total. The largest absolute Gasteiger partial charge is 0.321 e. The van der Waals surface area contributed by atoms with E-state index in [1.807, 2.05) is 11.8 Å². The van der Waals surface area contributed by atoms with Gasteiger partial charge in [-0.2, -0.15) is 5.10 Å². The Kier molecular flexibility index (Phi) is 5.13. The highest BCUT2D eigenvalue weighted by Crippen LogP contribution is 2.37. The van der Waals surface area contributed by atoms with E-state index in [0.717, 1.165) is 37.3 Å². The van der Waals surface area contributed by atoms with Crippen LogP contribution in [0.25, 0.3) is 0 Å². The summed E-state index contributed by atoms with van der Waals surface area (Å²) < 4.78 is 0. The van der Waals surface area contributed by atoms with Crippen molar-refractivity contribution < 1.29 is 9.59 Å². The maximum atomic E-state index is 13.6. The highest BCUT2D eigenvalue weighted by molar-refractivity contribution is 6.02. The van der Waals surface area contributed by atoms with Gasteiger partial charge in [-0.3, -0.25) is 19.8 Å². The number of amides is 3. The molecule has 3 atom stereocenters. The van der Waals surface area contributed by atoms with E-state index >= 15 is 0 Å². The first-order chi connectivity index (χ1) is 15.1. The van der Waals surface area contributed by atoms with E-state index in [1.165, 1.54) is 12.8 Å². The molecule has 0 saturated carbocycles. The average Bonchev–Trinajstić information content (AvgIpc) is 3.50. The Bertz CT molecular complexity index is 975. The topological polar surface area (TPSA) is 97.5 Å². The van der Waals surface area contributed by atoms with Gasteiger partial charge in [-0.25, -0.2) is 4.79 Å². The molecule has 0 bridgehead atoms. The lowest BCUT2D eigenvalue weighted by atomic mass is 10.1. The van der Waals surface area contributed by atoms with Crippen molar-refractivity contribution in [3.05, 3.63) is 41.3 Å². The van der Waals surface area contributed by atoms with Crippen molar-refractivity contribution in [1.29, 1.82) is 0 Å². The summed E-state index contributed by atoms with van der Waals surface area (Å²) in [4.78, 5) is 36.7. The van der Waals surface area contributed by atoms with Crippen molar-refractivity contribution in [3.8, 4) is 0 Å². The summed E-state index contributed by atoms with van der Waals surface area (Å²) in [5.41, 5.74) is 2.09. The number of hydrogen-bond acceptors (Lipinski definition) is 5. The zero-order valence-electron chi connectivity index (χ0n) is 18.0. The minimum Gasteiger partial charge on any atom is -0.319 e. The number of carbonyl (C=O) groups excluding carboxylic acids is 2. The zero-order chi connectivity index (χ0) is 21.5. The molecule has 2 aromatic rings. The first kappa shape index (κ1) is 20.0. The van der Waals surface area contributed by atoms with Gasteiger partial charge in [0.25, 0.3) is 5.91 Å². The standard InChI is InChI=1S/C22H29N7O2/c1-3-15-11-27-10-6-7-16(27)12-29(15)22(31)28-13-17-19(14(28)2)25-26-20(17)24-21(30)18-8-4-5-9-23-18/h4-5,8-9,14-16H,3,6-7,10-13H2,1-2H3,(H2,24,25,26,30)/t14?,15-,16+/m0/s1. The van der Waals surface area contributed by atoms with Gasteiger partial charge in [0.2, 0.25) is 0 Å². The zero-order valence-corrected chi connectivity index (χ0v) is 18.0. The normalized spacial score (nSPS) is 25.4. The SMILES string of the molecule is CC[C@H]1CN2CCC[C@@H]2CN1C(=O)N1Cc2c(NC(=O)c3ccccn3)n[nH]c2C1C. The summed E-state index contributed by atoms with van der Waals surface area (Å²) in [5.74, 6) is 0.163. The number of fused-ring (bicyclic) bond motifs is 2. The molecule has 0 radical (unpaired) electrons. The van der Waals surface area contributed by atoms with Crippen molar-refractivity contribution in [2.45, 2.75) is 57.8 Å². The van der Waals surface area contributed by atoms with Crippen LogP contribution in [-0.2, 0) is 6.54 Å². The van der Waals surface area contributed by atoms with Crippen molar-refractivity contribution in [1.82, 2.24) is 29.9 Å². The number of rotatable bonds is 3. The number of nitrogens with zero attached hydrogens (tertiary/aromatic N) is 5. The van der Waals surface area contributed by atoms with Gasteiger partial charge in [0.1, 0.15) is 5.69 Å². The van der Waals surface area contributed by atoms with Gasteiger partial charge in [0.05, 0.1) is 18.3 Å². The van der Waals surface area contributed by atoms with Crippen LogP contribution in [0, 0.1) is 0 Å². The van der Waals surface area contributed by atoms with E-state index in [0.29, 0.717) is 24.1 Å². The first-order valence-electron chi connectivity index (χ1n) is 11.2. The molecule has 3 aliphatic heterocycles. The molecule has 9 nitrogen and oxygen atoms in total. The van der Waals surface area contributed by atoms with Crippen LogP contribution >= 0.6 is 0 Å². The molecule has 0 aromatic carbocycles. The van der Waals surface area contributed by atoms with Crippen LogP contribution in [0.1, 0.15) is 60.9 Å². The molecule has 1 unspecified atom stereocenters. The molecule has 31 heavy (non-hydrogen) atoms. The van der Waals surface area contributed by atoms with E-state index in [9.17, 15) is 9.59 Å². The number of aromatic amines is 1. The lowest BCUT2D eigenvalue weighted by molar-refractivity contribution is 0.0503. The van der Waals surface area contributed by atoms with E-state index < -0.39 is 0 Å². The third kappa shape index (κ3) is 3.46. The van der Waals surface area contributed by atoms with Crippen molar-refractivity contribution >= 4 is 17.8 Å². The van der Waals surface area contributed by atoms with Crippen LogP contribution in [0.2, 0.25) is 0 Å². The van der Waals surface area contributed by atoms with Gasteiger partial charge in [-0.1, -0.05) is 13.0 Å². The Morgan fingerprint density at radius 2 is 2.13 bits per heavy atom. The van der Waals surface area contributed by atoms with Crippen LogP contribution in [0.4, 0.5) is 10.6 Å². The molecule has 0 spiro atoms. The maximum absolute atomic E-state index is 13.6. The highest BCUT2D eigenvalue weighted by atomic mass is 16.2. The van der Waals surface area contributed by atoms with Crippen LogP contribution in [-0.4, -0.2) is 73.5 Å². The Hall–Kier alpha value is -2.94. The smallest absolute Gasteiger partial charge is 0.319 e. The summed E-state index contributed by atoms with van der Waals surface area (Å²) in [6.45, 7) is 7.53. The molecule has 164 valence electrons. The maximum Gasteiger partial charge on any atom is 0.321 e. The molecule has 9 heteroatoms. The first-order valence-corrected chi connectivity index (χ1v) is 11.2. The van der Waals surface area contributed by atoms with E-state index in [-0.39, 0.29) is 24.0 Å². The van der Waals surface area contributed by atoms with E-state index in [1.54, 1.807) is 24.4 Å². The van der Waals surface area contributed by atoms with Gasteiger partial charge in [0, 0.05) is 36.9 Å². The molecule has 2 saturated heterocycles. The fourth-order valence-electron chi connectivity index (χ4n) is 5.19. The van der Waals surface area contributed by atoms with Crippen molar-refractivity contribution in [2.24, 2.45) is 0 Å². The molecule has 5 heterocycles. The molecule has 0 aliphatic carbocycles. The number of carbonyl (C=O) groups is 2. The van der Waals surface area contributed by atoms with Crippen LogP contribution in [0.5, 0.6) is 0 Å². The Morgan fingerprint density at radius 3 is 2.90 bits per heavy atom. The summed E-state index contributed by atoms with van der Waals surface area (Å²) in [5, 5.41) is 10.2. The van der Waals surface area contributed by atoms with E-state index in [4.69, 9.17) is 0 Å². The second-order valence-corrected chi connectivity index (χ2v) is 8.73. The molecule has 2 fully saturated rings. The predicted molar refractivity (Wildman–Crippen MR) is 116 cm³/mol. The predicted octanol–water partition coefficient (Wildman–Crippen LogP) is 2.61. The Labute approximate surface area is 181 Å². The summed E-state index contributed by atoms with van der Waals surface area (Å²) in [6.07, 6.45) is 4.93. The molecular formula is C22H29N7O2. The number of piperazine rings is 1. The molecule has 3 aliphatic rings. The van der Waals surface area contributed by atoms with Crippen molar-refractivity contribution in [2.75, 3.05) is 25.0 Å². The number of anilines is 1. The number of H-pyrrole nitrogens is 1. The number of nitrogens with one attached hydrogen (secondary N) is 2. The van der Waals surface area contributed by atoms with Gasteiger partial charge in [-0.05, 0) is 44.9 Å². The lowest BCUT2D eigenvalue weighted by Gasteiger charge is -2.45. The fraction of sp³-hybridized carbons (Fsp3) is 0.545. The lowest BCUT2D eigenvalue weighted by Crippen LogP contribution is -2.59. The Balaban J connectivity index is 1.32. The number of urea groups is 1. The molecular weight excluding hydrogens is 394 g/mol. The fourth-order valence-corrected chi connectivity index (χ4v) is 5.19. The van der Waals surface area contributed by atoms with Gasteiger partial charge < -0.3 is 15.1 Å². The van der Waals surface area contributed by atoms with E-state index in [2.05, 4.69) is 37.2 Å². The monoisotopic (exact) mass is 423 g/mol. The van der Waals surface area contributed by atoms with Crippen molar-refractivity contribution in [3.63, 3.8) is 0 Å². The third-order valence-electron chi connectivity index (χ3n) is 7.00. The summed E-state index contributed by atoms with van der Waals surface area (Å²) in [6, 6.07) is 5.89. The second kappa shape index (κ2) is 7.96. The van der Waals surface area contributed by atoms with Gasteiger partial charge in [0.15, 0.2) is 5.82 Å². The number of hydrogen-bond donors (Lipinski definition) is 2. The number of pyridine rings is 1. The second-order valence-electron chi connectivity index (χ2n) is 8.73. The third-order valence-corrected chi connectivity index (χ3v) is 7.00. The Morgan fingerprint density at radius 1 is 1.26 bits per heavy atom. The highest BCUT2D eigenvalue weighted by Gasteiger charge is 2.42. The van der Waals surface area contributed by atoms with Gasteiger partial charge >= 0.3 is 6.03 Å². The van der Waals surface area contributed by atoms with Crippen LogP contribution < -0.4 is 5.32 Å². The van der Waals surface area contributed by atoms with Gasteiger partial charge in [-0.15, -0.1) is 0 Å². The minimum absolute atomic E-state index is 0.0810.